The topological polar surface area (TPSA) is 69.7 Å². The molecule has 1 unspecified atom stereocenters. The van der Waals surface area contributed by atoms with Crippen molar-refractivity contribution in [2.45, 2.75) is 19.8 Å². The van der Waals surface area contributed by atoms with E-state index in [0.717, 1.165) is 11.3 Å². The van der Waals surface area contributed by atoms with Gasteiger partial charge in [0.1, 0.15) is 0 Å². The molecule has 7 heteroatoms. The summed E-state index contributed by atoms with van der Waals surface area (Å²) in [5.41, 5.74) is 1.82. The Kier molecular flexibility index (Phi) is 5.20. The Morgan fingerprint density at radius 1 is 1.36 bits per heavy atom. The monoisotopic (exact) mass is 325 g/mol. The number of amides is 1. The first-order chi connectivity index (χ1) is 10.3. The molecule has 122 valence electrons. The van der Waals surface area contributed by atoms with E-state index in [9.17, 15) is 13.2 Å². The normalized spacial score (nSPS) is 20.1. The molecule has 0 saturated carbocycles. The third kappa shape index (κ3) is 3.85. The molecule has 0 aromatic heterocycles. The number of carbonyl (C=O) groups is 1. The first-order valence-electron chi connectivity index (χ1n) is 7.36. The molecule has 0 radical (unpaired) electrons. The zero-order chi connectivity index (χ0) is 16.3. The maximum absolute atomic E-state index is 12.4. The average molecular weight is 325 g/mol. The SMILES string of the molecule is Cc1cccc(NC(=O)C2CCCN(S(=O)(=O)N(C)C)C2)c1. The molecule has 0 aliphatic carbocycles. The van der Waals surface area contributed by atoms with Crippen molar-refractivity contribution in [1.82, 2.24) is 8.61 Å². The lowest BCUT2D eigenvalue weighted by atomic mass is 9.98. The van der Waals surface area contributed by atoms with Crippen molar-refractivity contribution in [3.05, 3.63) is 29.8 Å². The van der Waals surface area contributed by atoms with E-state index in [1.807, 2.05) is 31.2 Å². The van der Waals surface area contributed by atoms with Crippen LogP contribution in [0.1, 0.15) is 18.4 Å². The summed E-state index contributed by atoms with van der Waals surface area (Å²) >= 11 is 0. The van der Waals surface area contributed by atoms with E-state index < -0.39 is 10.2 Å². The molecule has 1 atom stereocenters. The van der Waals surface area contributed by atoms with Crippen molar-refractivity contribution in [3.63, 3.8) is 0 Å². The Labute approximate surface area is 132 Å². The number of hydrogen-bond donors (Lipinski definition) is 1. The lowest BCUT2D eigenvalue weighted by molar-refractivity contribution is -0.120. The largest absolute Gasteiger partial charge is 0.326 e. The molecule has 1 saturated heterocycles. The molecule has 0 spiro atoms. The maximum atomic E-state index is 12.4. The summed E-state index contributed by atoms with van der Waals surface area (Å²) < 4.78 is 26.9. The van der Waals surface area contributed by atoms with Gasteiger partial charge in [-0.15, -0.1) is 0 Å². The number of anilines is 1. The molecule has 1 heterocycles. The molecular formula is C15H23N3O3S. The number of nitrogens with one attached hydrogen (secondary N) is 1. The van der Waals surface area contributed by atoms with E-state index in [1.165, 1.54) is 22.7 Å². The Bertz CT molecular complexity index is 643. The van der Waals surface area contributed by atoms with Crippen LogP contribution in [0, 0.1) is 12.8 Å². The summed E-state index contributed by atoms with van der Waals surface area (Å²) in [6.45, 7) is 2.66. The highest BCUT2D eigenvalue weighted by Crippen LogP contribution is 2.22. The Morgan fingerprint density at radius 3 is 2.73 bits per heavy atom. The molecule has 1 aliphatic rings. The lowest BCUT2D eigenvalue weighted by Crippen LogP contribution is -2.47. The molecule has 6 nitrogen and oxygen atoms in total. The molecule has 22 heavy (non-hydrogen) atoms. The summed E-state index contributed by atoms with van der Waals surface area (Å²) in [5.74, 6) is -0.437. The molecule has 1 N–H and O–H groups in total. The first-order valence-corrected chi connectivity index (χ1v) is 8.75. The predicted molar refractivity (Wildman–Crippen MR) is 86.7 cm³/mol. The molecule has 1 fully saturated rings. The van der Waals surface area contributed by atoms with Gasteiger partial charge in [0, 0.05) is 32.9 Å². The number of piperidine rings is 1. The number of aryl methyl sites for hydroxylation is 1. The second-order valence-electron chi connectivity index (χ2n) is 5.85. The molecule has 1 aliphatic heterocycles. The van der Waals surface area contributed by atoms with Gasteiger partial charge in [-0.2, -0.15) is 17.0 Å². The van der Waals surface area contributed by atoms with Gasteiger partial charge in [0.2, 0.25) is 5.91 Å². The van der Waals surface area contributed by atoms with Crippen LogP contribution in [0.25, 0.3) is 0 Å². The van der Waals surface area contributed by atoms with Crippen molar-refractivity contribution >= 4 is 21.8 Å². The Hall–Kier alpha value is -1.44. The van der Waals surface area contributed by atoms with Gasteiger partial charge in [-0.05, 0) is 37.5 Å². The van der Waals surface area contributed by atoms with E-state index in [4.69, 9.17) is 0 Å². The highest BCUT2D eigenvalue weighted by atomic mass is 32.2. The van der Waals surface area contributed by atoms with Crippen LogP contribution >= 0.6 is 0 Å². The van der Waals surface area contributed by atoms with Gasteiger partial charge < -0.3 is 5.32 Å². The van der Waals surface area contributed by atoms with E-state index >= 15 is 0 Å². The smallest absolute Gasteiger partial charge is 0.281 e. The summed E-state index contributed by atoms with van der Waals surface area (Å²) in [5, 5.41) is 2.88. The van der Waals surface area contributed by atoms with Crippen LogP contribution in [-0.4, -0.2) is 50.1 Å². The quantitative estimate of drug-likeness (QED) is 0.911. The van der Waals surface area contributed by atoms with Crippen LogP contribution in [0.5, 0.6) is 0 Å². The fraction of sp³-hybridized carbons (Fsp3) is 0.533. The van der Waals surface area contributed by atoms with Crippen LogP contribution < -0.4 is 5.32 Å². The minimum absolute atomic E-state index is 0.121. The maximum Gasteiger partial charge on any atom is 0.281 e. The van der Waals surface area contributed by atoms with Gasteiger partial charge in [-0.25, -0.2) is 0 Å². The molecule has 2 rings (SSSR count). The fourth-order valence-electron chi connectivity index (χ4n) is 2.56. The zero-order valence-corrected chi connectivity index (χ0v) is 14.1. The van der Waals surface area contributed by atoms with Gasteiger partial charge in [0.15, 0.2) is 0 Å². The minimum atomic E-state index is -3.46. The van der Waals surface area contributed by atoms with Crippen molar-refractivity contribution in [1.29, 1.82) is 0 Å². The van der Waals surface area contributed by atoms with Crippen molar-refractivity contribution in [2.24, 2.45) is 5.92 Å². The standard InChI is InChI=1S/C15H23N3O3S/c1-12-6-4-8-14(10-12)16-15(19)13-7-5-9-18(11-13)22(20,21)17(2)3/h4,6,8,10,13H,5,7,9,11H2,1-3H3,(H,16,19). The van der Waals surface area contributed by atoms with Crippen LogP contribution in [0.15, 0.2) is 24.3 Å². The van der Waals surface area contributed by atoms with E-state index in [0.29, 0.717) is 19.4 Å². The molecule has 1 aromatic rings. The lowest BCUT2D eigenvalue weighted by Gasteiger charge is -2.32. The summed E-state index contributed by atoms with van der Waals surface area (Å²) in [7, 11) is -0.448. The number of carbonyl (C=O) groups excluding carboxylic acids is 1. The Morgan fingerprint density at radius 2 is 2.09 bits per heavy atom. The highest BCUT2D eigenvalue weighted by molar-refractivity contribution is 7.86. The number of rotatable bonds is 4. The van der Waals surface area contributed by atoms with Gasteiger partial charge in [0.25, 0.3) is 10.2 Å². The van der Waals surface area contributed by atoms with Gasteiger partial charge in [0.05, 0.1) is 5.92 Å². The van der Waals surface area contributed by atoms with Gasteiger partial charge in [-0.3, -0.25) is 4.79 Å². The number of nitrogens with zero attached hydrogens (tertiary/aromatic N) is 2. The first kappa shape index (κ1) is 16.9. The second-order valence-corrected chi connectivity index (χ2v) is 7.99. The fourth-order valence-corrected chi connectivity index (χ4v) is 3.75. The van der Waals surface area contributed by atoms with Crippen LogP contribution in [0.2, 0.25) is 0 Å². The summed E-state index contributed by atoms with van der Waals surface area (Å²) in [6.07, 6.45) is 1.40. The van der Waals surface area contributed by atoms with Crippen molar-refractivity contribution in [3.8, 4) is 0 Å². The van der Waals surface area contributed by atoms with E-state index in [2.05, 4.69) is 5.32 Å². The average Bonchev–Trinajstić information content (AvgIpc) is 2.47. The third-order valence-corrected chi connectivity index (χ3v) is 5.74. The van der Waals surface area contributed by atoms with E-state index in [1.54, 1.807) is 0 Å². The Balaban J connectivity index is 2.04. The summed E-state index contributed by atoms with van der Waals surface area (Å²) in [4.78, 5) is 12.4. The number of benzene rings is 1. The van der Waals surface area contributed by atoms with Gasteiger partial charge in [-0.1, -0.05) is 12.1 Å². The molecule has 1 amide bonds. The molecule has 0 bridgehead atoms. The van der Waals surface area contributed by atoms with Crippen molar-refractivity contribution in [2.75, 3.05) is 32.5 Å². The van der Waals surface area contributed by atoms with Crippen LogP contribution in [-0.2, 0) is 15.0 Å². The summed E-state index contributed by atoms with van der Waals surface area (Å²) in [6, 6.07) is 7.58. The van der Waals surface area contributed by atoms with Crippen LogP contribution in [0.4, 0.5) is 5.69 Å². The minimum Gasteiger partial charge on any atom is -0.326 e. The van der Waals surface area contributed by atoms with E-state index in [-0.39, 0.29) is 18.4 Å². The molecule has 1 aromatic carbocycles. The van der Waals surface area contributed by atoms with Crippen molar-refractivity contribution < 1.29 is 13.2 Å². The van der Waals surface area contributed by atoms with Crippen LogP contribution in [0.3, 0.4) is 0 Å². The third-order valence-electron chi connectivity index (χ3n) is 3.83. The van der Waals surface area contributed by atoms with Gasteiger partial charge >= 0.3 is 0 Å². The second kappa shape index (κ2) is 6.76. The molecular weight excluding hydrogens is 302 g/mol. The number of hydrogen-bond acceptors (Lipinski definition) is 3. The highest BCUT2D eigenvalue weighted by Gasteiger charge is 2.33. The zero-order valence-electron chi connectivity index (χ0n) is 13.2. The predicted octanol–water partition coefficient (Wildman–Crippen LogP) is 1.45.